The molecular weight excluding hydrogens is 336 g/mol. The zero-order valence-electron chi connectivity index (χ0n) is 15.6. The third kappa shape index (κ3) is 4.60. The molecule has 1 aliphatic carbocycles. The molecule has 1 aromatic rings. The van der Waals surface area contributed by atoms with Crippen molar-refractivity contribution in [2.45, 2.75) is 44.3 Å². The van der Waals surface area contributed by atoms with Crippen molar-refractivity contribution in [1.82, 2.24) is 4.90 Å². The Morgan fingerprint density at radius 1 is 1.12 bits per heavy atom. The SMILES string of the molecule is COc1cc(CN(C(=O)O)C2CC/C=C/CCC2N)cc(OC)c1OC. The van der Waals surface area contributed by atoms with Gasteiger partial charge in [-0.05, 0) is 43.4 Å². The van der Waals surface area contributed by atoms with Crippen molar-refractivity contribution in [3.63, 3.8) is 0 Å². The molecule has 0 heterocycles. The number of carboxylic acid groups (broad SMARTS) is 1. The van der Waals surface area contributed by atoms with Crippen LogP contribution in [-0.2, 0) is 6.54 Å². The van der Waals surface area contributed by atoms with Gasteiger partial charge in [-0.25, -0.2) is 4.79 Å². The van der Waals surface area contributed by atoms with E-state index < -0.39 is 6.09 Å². The molecule has 0 fully saturated rings. The van der Waals surface area contributed by atoms with Crippen LogP contribution in [0.4, 0.5) is 4.79 Å². The third-order valence-corrected chi connectivity index (χ3v) is 4.68. The van der Waals surface area contributed by atoms with Crippen LogP contribution in [0.5, 0.6) is 17.2 Å². The molecule has 7 heteroatoms. The molecule has 0 spiro atoms. The Balaban J connectivity index is 2.32. The largest absolute Gasteiger partial charge is 0.493 e. The van der Waals surface area contributed by atoms with E-state index in [1.807, 2.05) is 0 Å². The van der Waals surface area contributed by atoms with Crippen molar-refractivity contribution in [3.8, 4) is 17.2 Å². The standard InChI is InChI=1S/C19H28N2O5/c1-24-16-10-13(11-17(25-2)18(16)26-3)12-21(19(22)23)15-9-7-5-4-6-8-14(15)20/h4-5,10-11,14-15H,6-9,12,20H2,1-3H3,(H,22,23)/b5-4+. The summed E-state index contributed by atoms with van der Waals surface area (Å²) in [5.74, 6) is 1.47. The summed E-state index contributed by atoms with van der Waals surface area (Å²) in [4.78, 5) is 13.4. The molecule has 144 valence electrons. The van der Waals surface area contributed by atoms with Crippen molar-refractivity contribution in [2.75, 3.05) is 21.3 Å². The van der Waals surface area contributed by atoms with Crippen molar-refractivity contribution >= 4 is 6.09 Å². The number of benzene rings is 1. The van der Waals surface area contributed by atoms with Crippen LogP contribution in [0, 0.1) is 0 Å². The van der Waals surface area contributed by atoms with Gasteiger partial charge in [0.15, 0.2) is 11.5 Å². The number of carbonyl (C=O) groups is 1. The van der Waals surface area contributed by atoms with E-state index in [1.54, 1.807) is 12.1 Å². The second-order valence-corrected chi connectivity index (χ2v) is 6.30. The smallest absolute Gasteiger partial charge is 0.407 e. The molecule has 0 saturated heterocycles. The first-order chi connectivity index (χ1) is 12.5. The van der Waals surface area contributed by atoms with Crippen LogP contribution in [0.25, 0.3) is 0 Å². The molecule has 2 atom stereocenters. The molecule has 1 amide bonds. The number of allylic oxidation sites excluding steroid dienone is 2. The topological polar surface area (TPSA) is 94.2 Å². The van der Waals surface area contributed by atoms with Crippen molar-refractivity contribution < 1.29 is 24.1 Å². The van der Waals surface area contributed by atoms with Crippen LogP contribution in [0.3, 0.4) is 0 Å². The average Bonchev–Trinajstić information content (AvgIpc) is 2.62. The highest BCUT2D eigenvalue weighted by atomic mass is 16.5. The number of nitrogens with zero attached hydrogens (tertiary/aromatic N) is 1. The Kier molecular flexibility index (Phi) is 7.15. The van der Waals surface area contributed by atoms with Gasteiger partial charge in [-0.1, -0.05) is 12.2 Å². The normalized spacial score (nSPS) is 21.2. The Hall–Kier alpha value is -2.41. The molecule has 0 aromatic heterocycles. The molecule has 26 heavy (non-hydrogen) atoms. The summed E-state index contributed by atoms with van der Waals surface area (Å²) >= 11 is 0. The molecule has 0 radical (unpaired) electrons. The van der Waals surface area contributed by atoms with E-state index in [0.29, 0.717) is 23.7 Å². The van der Waals surface area contributed by atoms with Gasteiger partial charge in [-0.2, -0.15) is 0 Å². The molecule has 1 aromatic carbocycles. The molecular formula is C19H28N2O5. The first-order valence-electron chi connectivity index (χ1n) is 8.70. The lowest BCUT2D eigenvalue weighted by Gasteiger charge is -2.34. The van der Waals surface area contributed by atoms with Gasteiger partial charge in [0.25, 0.3) is 0 Å². The molecule has 3 N–H and O–H groups in total. The summed E-state index contributed by atoms with van der Waals surface area (Å²) in [7, 11) is 4.60. The van der Waals surface area contributed by atoms with E-state index in [-0.39, 0.29) is 18.6 Å². The first kappa shape index (κ1) is 19.9. The predicted molar refractivity (Wildman–Crippen MR) is 99.0 cm³/mol. The molecule has 2 rings (SSSR count). The number of nitrogens with two attached hydrogens (primary N) is 1. The van der Waals surface area contributed by atoms with Crippen LogP contribution in [0.1, 0.15) is 31.2 Å². The minimum absolute atomic E-state index is 0.196. The highest BCUT2D eigenvalue weighted by molar-refractivity contribution is 5.66. The molecule has 0 bridgehead atoms. The zero-order chi connectivity index (χ0) is 19.1. The van der Waals surface area contributed by atoms with Crippen LogP contribution in [-0.4, -0.2) is 49.5 Å². The van der Waals surface area contributed by atoms with Gasteiger partial charge < -0.3 is 25.1 Å². The van der Waals surface area contributed by atoms with E-state index in [2.05, 4.69) is 12.2 Å². The number of hydrogen-bond acceptors (Lipinski definition) is 5. The van der Waals surface area contributed by atoms with Crippen LogP contribution in [0.15, 0.2) is 24.3 Å². The number of ether oxygens (including phenoxy) is 3. The summed E-state index contributed by atoms with van der Waals surface area (Å²) < 4.78 is 16.0. The lowest BCUT2D eigenvalue weighted by atomic mass is 9.94. The summed E-state index contributed by atoms with van der Waals surface area (Å²) in [5.41, 5.74) is 7.05. The van der Waals surface area contributed by atoms with E-state index in [9.17, 15) is 9.90 Å². The Morgan fingerprint density at radius 3 is 2.19 bits per heavy atom. The van der Waals surface area contributed by atoms with E-state index in [0.717, 1.165) is 24.8 Å². The monoisotopic (exact) mass is 364 g/mol. The Morgan fingerprint density at radius 2 is 1.69 bits per heavy atom. The van der Waals surface area contributed by atoms with Gasteiger partial charge in [0.1, 0.15) is 0 Å². The maximum atomic E-state index is 11.9. The maximum Gasteiger partial charge on any atom is 0.407 e. The number of amides is 1. The Bertz CT molecular complexity index is 622. The molecule has 1 aliphatic rings. The number of hydrogen-bond donors (Lipinski definition) is 2. The van der Waals surface area contributed by atoms with Gasteiger partial charge in [-0.15, -0.1) is 0 Å². The average molecular weight is 364 g/mol. The van der Waals surface area contributed by atoms with Gasteiger partial charge >= 0.3 is 6.09 Å². The van der Waals surface area contributed by atoms with Crippen molar-refractivity contribution in [3.05, 3.63) is 29.8 Å². The molecule has 0 aliphatic heterocycles. The van der Waals surface area contributed by atoms with Gasteiger partial charge in [-0.3, -0.25) is 4.90 Å². The minimum Gasteiger partial charge on any atom is -0.493 e. The second kappa shape index (κ2) is 9.33. The van der Waals surface area contributed by atoms with Crippen molar-refractivity contribution in [1.29, 1.82) is 0 Å². The molecule has 0 saturated carbocycles. The Labute approximate surface area is 154 Å². The minimum atomic E-state index is -0.983. The lowest BCUT2D eigenvalue weighted by molar-refractivity contribution is 0.107. The highest BCUT2D eigenvalue weighted by Crippen LogP contribution is 2.38. The van der Waals surface area contributed by atoms with Gasteiger partial charge in [0, 0.05) is 12.6 Å². The summed E-state index contributed by atoms with van der Waals surface area (Å²) in [6.45, 7) is 0.203. The third-order valence-electron chi connectivity index (χ3n) is 4.68. The first-order valence-corrected chi connectivity index (χ1v) is 8.70. The van der Waals surface area contributed by atoms with E-state index in [1.165, 1.54) is 26.2 Å². The highest BCUT2D eigenvalue weighted by Gasteiger charge is 2.29. The fourth-order valence-corrected chi connectivity index (χ4v) is 3.33. The summed E-state index contributed by atoms with van der Waals surface area (Å²) in [5, 5.41) is 9.79. The van der Waals surface area contributed by atoms with Crippen molar-refractivity contribution in [2.24, 2.45) is 5.73 Å². The fraction of sp³-hybridized carbons (Fsp3) is 0.526. The maximum absolute atomic E-state index is 11.9. The van der Waals surface area contributed by atoms with Crippen LogP contribution >= 0.6 is 0 Å². The molecule has 7 nitrogen and oxygen atoms in total. The summed E-state index contributed by atoms with van der Waals surface area (Å²) in [6, 6.07) is 3.10. The molecule has 2 unspecified atom stereocenters. The van der Waals surface area contributed by atoms with Crippen LogP contribution in [0.2, 0.25) is 0 Å². The van der Waals surface area contributed by atoms with E-state index in [4.69, 9.17) is 19.9 Å². The predicted octanol–water partition coefficient (Wildman–Crippen LogP) is 3.02. The summed E-state index contributed by atoms with van der Waals surface area (Å²) in [6.07, 6.45) is 6.38. The second-order valence-electron chi connectivity index (χ2n) is 6.30. The van der Waals surface area contributed by atoms with E-state index >= 15 is 0 Å². The van der Waals surface area contributed by atoms with Crippen LogP contribution < -0.4 is 19.9 Å². The fourth-order valence-electron chi connectivity index (χ4n) is 3.33. The zero-order valence-corrected chi connectivity index (χ0v) is 15.6. The van der Waals surface area contributed by atoms with Gasteiger partial charge in [0.05, 0.1) is 27.4 Å². The lowest BCUT2D eigenvalue weighted by Crippen LogP contribution is -2.49. The van der Waals surface area contributed by atoms with Gasteiger partial charge in [0.2, 0.25) is 5.75 Å². The quantitative estimate of drug-likeness (QED) is 0.754. The number of rotatable bonds is 6. The number of methoxy groups -OCH3 is 3.